The zero-order valence-corrected chi connectivity index (χ0v) is 12.0. The van der Waals surface area contributed by atoms with Crippen molar-refractivity contribution in [3.05, 3.63) is 28.8 Å². The van der Waals surface area contributed by atoms with Crippen molar-refractivity contribution in [2.45, 2.75) is 18.2 Å². The van der Waals surface area contributed by atoms with E-state index in [1.165, 1.54) is 12.1 Å². The number of hydrogen-bond donors (Lipinski definition) is 1. The molecule has 0 heterocycles. The summed E-state index contributed by atoms with van der Waals surface area (Å²) in [4.78, 5) is 10.7. The van der Waals surface area contributed by atoms with Crippen molar-refractivity contribution in [3.63, 3.8) is 0 Å². The summed E-state index contributed by atoms with van der Waals surface area (Å²) in [6, 6.07) is 3.60. The number of carboxylic acid groups (broad SMARTS) is 1. The average molecular weight is 307 g/mol. The molecule has 0 aromatic heterocycles. The highest BCUT2D eigenvalue weighted by atomic mass is 35.5. The van der Waals surface area contributed by atoms with Gasteiger partial charge in [-0.15, -0.1) is 0 Å². The molecular weight excluding hydrogens is 292 g/mol. The van der Waals surface area contributed by atoms with Crippen LogP contribution in [-0.2, 0) is 14.6 Å². The number of aromatic carboxylic acids is 1. The average Bonchev–Trinajstić information content (AvgIpc) is 2.34. The number of sulfone groups is 1. The molecule has 0 unspecified atom stereocenters. The van der Waals surface area contributed by atoms with E-state index in [0.29, 0.717) is 6.61 Å². The van der Waals surface area contributed by atoms with Gasteiger partial charge in [-0.1, -0.05) is 18.5 Å². The molecule has 0 aliphatic carbocycles. The third kappa shape index (κ3) is 4.49. The monoisotopic (exact) mass is 306 g/mol. The first-order valence-corrected chi connectivity index (χ1v) is 7.75. The molecule has 1 N–H and O–H groups in total. The second kappa shape index (κ2) is 6.88. The summed E-state index contributed by atoms with van der Waals surface area (Å²) in [5.74, 6) is -1.43. The number of benzene rings is 1. The van der Waals surface area contributed by atoms with Crippen molar-refractivity contribution >= 4 is 27.4 Å². The van der Waals surface area contributed by atoms with E-state index in [1.807, 2.05) is 6.92 Å². The SMILES string of the molecule is CCCOCCS(=O)(=O)c1cc(C(=O)O)ccc1Cl. The summed E-state index contributed by atoms with van der Waals surface area (Å²) in [6.07, 6.45) is 0.801. The Hall–Kier alpha value is -1.11. The van der Waals surface area contributed by atoms with Gasteiger partial charge in [0, 0.05) is 6.61 Å². The van der Waals surface area contributed by atoms with Gasteiger partial charge in [0.2, 0.25) is 0 Å². The van der Waals surface area contributed by atoms with Crippen LogP contribution in [0.15, 0.2) is 23.1 Å². The lowest BCUT2D eigenvalue weighted by Gasteiger charge is -2.08. The fourth-order valence-electron chi connectivity index (χ4n) is 1.40. The fourth-order valence-corrected chi connectivity index (χ4v) is 3.10. The van der Waals surface area contributed by atoms with E-state index in [-0.39, 0.29) is 27.8 Å². The van der Waals surface area contributed by atoms with Crippen LogP contribution in [0.5, 0.6) is 0 Å². The van der Waals surface area contributed by atoms with E-state index in [1.54, 1.807) is 0 Å². The first kappa shape index (κ1) is 15.9. The summed E-state index contributed by atoms with van der Waals surface area (Å²) in [5, 5.41) is 8.86. The molecule has 1 aromatic carbocycles. The quantitative estimate of drug-likeness (QED) is 0.781. The highest BCUT2D eigenvalue weighted by Crippen LogP contribution is 2.23. The highest BCUT2D eigenvalue weighted by Gasteiger charge is 2.20. The smallest absolute Gasteiger partial charge is 0.335 e. The molecule has 0 spiro atoms. The minimum atomic E-state index is -3.65. The molecule has 0 saturated heterocycles. The van der Waals surface area contributed by atoms with Gasteiger partial charge >= 0.3 is 5.97 Å². The summed E-state index contributed by atoms with van der Waals surface area (Å²) in [5.41, 5.74) is -0.113. The van der Waals surface area contributed by atoms with Gasteiger partial charge in [0.15, 0.2) is 9.84 Å². The first-order valence-electron chi connectivity index (χ1n) is 5.72. The van der Waals surface area contributed by atoms with E-state index in [4.69, 9.17) is 21.4 Å². The van der Waals surface area contributed by atoms with Crippen LogP contribution < -0.4 is 0 Å². The van der Waals surface area contributed by atoms with Crippen LogP contribution in [0.4, 0.5) is 0 Å². The molecular formula is C12H15ClO5S. The molecule has 19 heavy (non-hydrogen) atoms. The van der Waals surface area contributed by atoms with E-state index in [2.05, 4.69) is 0 Å². The molecule has 0 atom stereocenters. The third-order valence-corrected chi connectivity index (χ3v) is 4.51. The van der Waals surface area contributed by atoms with Gasteiger partial charge in [-0.2, -0.15) is 0 Å². The van der Waals surface area contributed by atoms with Gasteiger partial charge in [-0.05, 0) is 24.6 Å². The van der Waals surface area contributed by atoms with Gasteiger partial charge in [0.25, 0.3) is 0 Å². The Kier molecular flexibility index (Phi) is 5.78. The predicted octanol–water partition coefficient (Wildman–Crippen LogP) is 2.24. The van der Waals surface area contributed by atoms with E-state index in [0.717, 1.165) is 12.5 Å². The number of carboxylic acids is 1. The maximum absolute atomic E-state index is 12.0. The number of halogens is 1. The van der Waals surface area contributed by atoms with Crippen molar-refractivity contribution in [1.82, 2.24) is 0 Å². The van der Waals surface area contributed by atoms with Crippen LogP contribution in [-0.4, -0.2) is 38.5 Å². The van der Waals surface area contributed by atoms with Gasteiger partial charge in [-0.25, -0.2) is 13.2 Å². The molecule has 0 bridgehead atoms. The molecule has 0 radical (unpaired) electrons. The lowest BCUT2D eigenvalue weighted by atomic mass is 10.2. The van der Waals surface area contributed by atoms with Gasteiger partial charge < -0.3 is 9.84 Å². The summed E-state index contributed by atoms with van der Waals surface area (Å²) >= 11 is 5.81. The maximum atomic E-state index is 12.0. The molecule has 0 amide bonds. The molecule has 106 valence electrons. The number of hydrogen-bond acceptors (Lipinski definition) is 4. The second-order valence-electron chi connectivity index (χ2n) is 3.88. The molecule has 0 aliphatic rings. The first-order chi connectivity index (χ1) is 8.88. The van der Waals surface area contributed by atoms with E-state index >= 15 is 0 Å². The molecule has 0 fully saturated rings. The van der Waals surface area contributed by atoms with Gasteiger partial charge in [-0.3, -0.25) is 0 Å². The maximum Gasteiger partial charge on any atom is 0.335 e. The normalized spacial score (nSPS) is 11.5. The highest BCUT2D eigenvalue weighted by molar-refractivity contribution is 7.91. The number of rotatable bonds is 7. The van der Waals surface area contributed by atoms with E-state index < -0.39 is 15.8 Å². The standard InChI is InChI=1S/C12H15ClO5S/c1-2-5-18-6-7-19(16,17)11-8-9(12(14)15)3-4-10(11)13/h3-4,8H,2,5-7H2,1H3,(H,14,15). The summed E-state index contributed by atoms with van der Waals surface area (Å²) < 4.78 is 29.2. The van der Waals surface area contributed by atoms with Gasteiger partial charge in [0.05, 0.1) is 27.8 Å². The zero-order chi connectivity index (χ0) is 14.5. The van der Waals surface area contributed by atoms with Crippen LogP contribution in [0.25, 0.3) is 0 Å². The van der Waals surface area contributed by atoms with Crippen molar-refractivity contribution in [2.75, 3.05) is 19.0 Å². The van der Waals surface area contributed by atoms with Crippen molar-refractivity contribution in [1.29, 1.82) is 0 Å². The van der Waals surface area contributed by atoms with Crippen LogP contribution in [0.2, 0.25) is 5.02 Å². The molecule has 1 rings (SSSR count). The van der Waals surface area contributed by atoms with Crippen LogP contribution in [0, 0.1) is 0 Å². The van der Waals surface area contributed by atoms with Crippen LogP contribution in [0.3, 0.4) is 0 Å². The Labute approximate surface area is 117 Å². The second-order valence-corrected chi connectivity index (χ2v) is 6.37. The minimum absolute atomic E-state index is 0.0143. The Bertz CT molecular complexity index is 553. The van der Waals surface area contributed by atoms with Crippen molar-refractivity contribution in [3.8, 4) is 0 Å². The van der Waals surface area contributed by atoms with Crippen LogP contribution >= 0.6 is 11.6 Å². The Morgan fingerprint density at radius 1 is 1.37 bits per heavy atom. The molecule has 5 nitrogen and oxygen atoms in total. The largest absolute Gasteiger partial charge is 0.478 e. The number of carbonyl (C=O) groups is 1. The Balaban J connectivity index is 2.94. The summed E-state index contributed by atoms with van der Waals surface area (Å²) in [6.45, 7) is 2.46. The Morgan fingerprint density at radius 2 is 2.05 bits per heavy atom. The third-order valence-electron chi connectivity index (χ3n) is 2.36. The topological polar surface area (TPSA) is 80.7 Å². The number of ether oxygens (including phenoxy) is 1. The molecule has 1 aromatic rings. The minimum Gasteiger partial charge on any atom is -0.478 e. The molecule has 7 heteroatoms. The van der Waals surface area contributed by atoms with Crippen molar-refractivity contribution < 1.29 is 23.1 Å². The van der Waals surface area contributed by atoms with Gasteiger partial charge in [0.1, 0.15) is 0 Å². The van der Waals surface area contributed by atoms with E-state index in [9.17, 15) is 13.2 Å². The van der Waals surface area contributed by atoms with Crippen molar-refractivity contribution in [2.24, 2.45) is 0 Å². The van der Waals surface area contributed by atoms with Crippen LogP contribution in [0.1, 0.15) is 23.7 Å². The fraction of sp³-hybridized carbons (Fsp3) is 0.417. The lowest BCUT2D eigenvalue weighted by molar-refractivity contribution is 0.0696. The molecule has 0 saturated carbocycles. The zero-order valence-electron chi connectivity index (χ0n) is 10.4. The lowest BCUT2D eigenvalue weighted by Crippen LogP contribution is -2.14. The predicted molar refractivity (Wildman–Crippen MR) is 71.6 cm³/mol. The summed E-state index contributed by atoms with van der Waals surface area (Å²) in [7, 11) is -3.65. The molecule has 0 aliphatic heterocycles. The Morgan fingerprint density at radius 3 is 2.63 bits per heavy atom.